The molecule has 0 aliphatic heterocycles. The summed E-state index contributed by atoms with van der Waals surface area (Å²) < 4.78 is 68.5. The highest BCUT2D eigenvalue weighted by Gasteiger charge is 2.30. The maximum absolute atomic E-state index is 13.1. The van der Waals surface area contributed by atoms with Gasteiger partial charge in [0.1, 0.15) is 19.3 Å². The summed E-state index contributed by atoms with van der Waals surface area (Å²) in [5.74, 6) is -2.22. The van der Waals surface area contributed by atoms with Gasteiger partial charge in [0, 0.05) is 25.7 Å². The van der Waals surface area contributed by atoms with Crippen molar-refractivity contribution in [3.05, 3.63) is 122 Å². The van der Waals surface area contributed by atoms with E-state index in [0.717, 1.165) is 212 Å². The maximum Gasteiger partial charge on any atom is 0.472 e. The highest BCUT2D eigenvalue weighted by atomic mass is 31.2. The molecule has 0 spiro atoms. The molecule has 0 fully saturated rings. The minimum Gasteiger partial charge on any atom is -0.462 e. The van der Waals surface area contributed by atoms with Crippen molar-refractivity contribution in [1.82, 2.24) is 0 Å². The molecule has 0 saturated carbocycles. The molecule has 0 radical (unpaired) electrons. The van der Waals surface area contributed by atoms with E-state index in [1.165, 1.54) is 32.1 Å². The van der Waals surface area contributed by atoms with E-state index in [4.69, 9.17) is 37.0 Å². The maximum atomic E-state index is 13.1. The number of ether oxygens (including phenoxy) is 4. The fourth-order valence-corrected chi connectivity index (χ4v) is 11.9. The lowest BCUT2D eigenvalue weighted by molar-refractivity contribution is -0.161. The van der Waals surface area contributed by atoms with Crippen molar-refractivity contribution in [2.45, 2.75) is 341 Å². The number of allylic oxidation sites excluding steroid dienone is 20. The molecule has 19 heteroatoms. The molecule has 0 heterocycles. The Bertz CT molecular complexity index is 2410. The zero-order valence-corrected chi connectivity index (χ0v) is 65.8. The number of hydrogen-bond donors (Lipinski definition) is 3. The largest absolute Gasteiger partial charge is 0.472 e. The standard InChI is InChI=1S/C83H142O17P2/c1-5-9-13-17-21-25-29-32-34-36-38-40-42-45-48-51-55-59-63-67-80(85)93-73-78(99-82(87)69-65-61-57-53-47-28-24-20-16-12-8-4)75-97-101(89,90)95-71-77(84)72-96-102(91,92)98-76-79(100-83(88)70-66-62-58-54-50-44-31-27-23-19-15-11-7-3)74-94-81(86)68-64-60-56-52-49-46-43-41-39-37-35-33-30-26-22-18-14-10-6-2/h10,14-15,19-22,24-27,31-35,38-41,77-79,84H,5-9,11-13,16-18,23,28-30,36-37,42-76H2,1-4H3,(H,89,90)(H,91,92)/b14-10-,19-15-,24-20-,25-21-,26-22-,31-27-,34-32-,35-33-,40-38-,41-39-. The van der Waals surface area contributed by atoms with Crippen LogP contribution < -0.4 is 0 Å². The second-order valence-corrected chi connectivity index (χ2v) is 29.2. The molecule has 0 aliphatic carbocycles. The summed E-state index contributed by atoms with van der Waals surface area (Å²) in [5, 5.41) is 10.6. The minimum absolute atomic E-state index is 0.0731. The molecule has 0 rings (SSSR count). The van der Waals surface area contributed by atoms with Crippen LogP contribution in [-0.4, -0.2) is 96.7 Å². The van der Waals surface area contributed by atoms with Gasteiger partial charge in [0.15, 0.2) is 12.2 Å². The molecule has 102 heavy (non-hydrogen) atoms. The number of phosphoric ester groups is 2. The van der Waals surface area contributed by atoms with Gasteiger partial charge < -0.3 is 33.8 Å². The Balaban J connectivity index is 5.32. The number of aliphatic hydroxyl groups is 1. The van der Waals surface area contributed by atoms with Crippen molar-refractivity contribution in [2.75, 3.05) is 39.6 Å². The molecular formula is C83H142O17P2. The summed E-state index contributed by atoms with van der Waals surface area (Å²) in [6, 6.07) is 0. The van der Waals surface area contributed by atoms with Crippen LogP contribution in [-0.2, 0) is 65.4 Å². The Morgan fingerprint density at radius 2 is 0.539 bits per heavy atom. The van der Waals surface area contributed by atoms with Crippen molar-refractivity contribution in [3.63, 3.8) is 0 Å². The van der Waals surface area contributed by atoms with Crippen molar-refractivity contribution in [1.29, 1.82) is 0 Å². The third-order valence-corrected chi connectivity index (χ3v) is 18.3. The Kier molecular flexibility index (Phi) is 71.4. The average Bonchev–Trinajstić information content (AvgIpc) is 0.907. The van der Waals surface area contributed by atoms with E-state index in [1.54, 1.807) is 0 Å². The molecule has 5 atom stereocenters. The van der Waals surface area contributed by atoms with Crippen LogP contribution in [0.15, 0.2) is 122 Å². The number of phosphoric acid groups is 2. The van der Waals surface area contributed by atoms with E-state index in [0.29, 0.717) is 25.7 Å². The van der Waals surface area contributed by atoms with Gasteiger partial charge in [0.05, 0.1) is 26.4 Å². The van der Waals surface area contributed by atoms with Gasteiger partial charge in [-0.25, -0.2) is 9.13 Å². The van der Waals surface area contributed by atoms with Crippen LogP contribution in [0, 0.1) is 0 Å². The zero-order chi connectivity index (χ0) is 74.6. The molecule has 0 aromatic carbocycles. The topological polar surface area (TPSA) is 237 Å². The predicted molar refractivity (Wildman–Crippen MR) is 418 cm³/mol. The number of esters is 4. The van der Waals surface area contributed by atoms with Gasteiger partial charge in [-0.2, -0.15) is 0 Å². The van der Waals surface area contributed by atoms with Crippen LogP contribution in [0.25, 0.3) is 0 Å². The lowest BCUT2D eigenvalue weighted by atomic mass is 10.1. The third-order valence-electron chi connectivity index (χ3n) is 16.4. The van der Waals surface area contributed by atoms with Crippen LogP contribution in [0.2, 0.25) is 0 Å². The summed E-state index contributed by atoms with van der Waals surface area (Å²) in [7, 11) is -9.97. The van der Waals surface area contributed by atoms with Gasteiger partial charge in [-0.05, 0) is 148 Å². The first-order valence-corrected chi connectivity index (χ1v) is 42.8. The van der Waals surface area contributed by atoms with E-state index >= 15 is 0 Å². The van der Waals surface area contributed by atoms with E-state index in [-0.39, 0.29) is 25.7 Å². The number of hydrogen-bond acceptors (Lipinski definition) is 15. The van der Waals surface area contributed by atoms with Crippen LogP contribution in [0.1, 0.15) is 323 Å². The zero-order valence-electron chi connectivity index (χ0n) is 64.0. The highest BCUT2D eigenvalue weighted by Crippen LogP contribution is 2.45. The number of aliphatic hydroxyl groups excluding tert-OH is 1. The molecule has 17 nitrogen and oxygen atoms in total. The summed E-state index contributed by atoms with van der Waals surface area (Å²) in [6.07, 6.45) is 81.8. The van der Waals surface area contributed by atoms with Crippen LogP contribution in [0.5, 0.6) is 0 Å². The summed E-state index contributed by atoms with van der Waals surface area (Å²) in [4.78, 5) is 72.9. The third kappa shape index (κ3) is 73.8. The van der Waals surface area contributed by atoms with Gasteiger partial charge in [0.25, 0.3) is 0 Å². The van der Waals surface area contributed by atoms with Gasteiger partial charge >= 0.3 is 39.5 Å². The monoisotopic (exact) mass is 1470 g/mol. The van der Waals surface area contributed by atoms with Crippen molar-refractivity contribution < 1.29 is 80.2 Å². The molecular weight excluding hydrogens is 1330 g/mol. The SMILES string of the molecule is CC/C=C\C/C=C\C/C=C\C/C=C\CCCCCCCCC(=O)OCC(COP(=O)(O)OCC(O)COP(=O)(O)OCC(COC(=O)CCCCCCCC/C=C\C/C=C\C/C=C\CCCCC)OC(=O)CCCCCCC/C=C\CCCC)OC(=O)CCCCCCC/C=C\C/C=C\CCC. The van der Waals surface area contributed by atoms with Gasteiger partial charge in [-0.1, -0.05) is 271 Å². The number of carbonyl (C=O) groups excluding carboxylic acids is 4. The molecule has 0 aromatic rings. The fourth-order valence-electron chi connectivity index (χ4n) is 10.3. The predicted octanol–water partition coefficient (Wildman–Crippen LogP) is 23.1. The van der Waals surface area contributed by atoms with Crippen LogP contribution >= 0.6 is 15.6 Å². The van der Waals surface area contributed by atoms with Crippen molar-refractivity contribution in [3.8, 4) is 0 Å². The average molecular weight is 1470 g/mol. The smallest absolute Gasteiger partial charge is 0.462 e. The van der Waals surface area contributed by atoms with Gasteiger partial charge in [0.2, 0.25) is 0 Å². The molecule has 0 bridgehead atoms. The van der Waals surface area contributed by atoms with Crippen LogP contribution in [0.3, 0.4) is 0 Å². The molecule has 3 N–H and O–H groups in total. The molecule has 0 aliphatic rings. The Hall–Kier alpha value is -4.54. The second-order valence-electron chi connectivity index (χ2n) is 26.3. The Morgan fingerprint density at radius 3 is 0.863 bits per heavy atom. The highest BCUT2D eigenvalue weighted by molar-refractivity contribution is 7.47. The lowest BCUT2D eigenvalue weighted by Crippen LogP contribution is -2.30. The fraction of sp³-hybridized carbons (Fsp3) is 0.711. The lowest BCUT2D eigenvalue weighted by Gasteiger charge is -2.21. The molecule has 0 saturated heterocycles. The van der Waals surface area contributed by atoms with Gasteiger partial charge in [-0.15, -0.1) is 0 Å². The minimum atomic E-state index is -4.98. The Labute approximate surface area is 619 Å². The molecule has 0 amide bonds. The summed E-state index contributed by atoms with van der Waals surface area (Å²) >= 11 is 0. The van der Waals surface area contributed by atoms with E-state index in [9.17, 15) is 43.2 Å². The molecule has 586 valence electrons. The number of carbonyl (C=O) groups is 4. The van der Waals surface area contributed by atoms with Gasteiger partial charge in [-0.3, -0.25) is 37.3 Å². The first-order chi connectivity index (χ1) is 49.7. The molecule has 5 unspecified atom stereocenters. The number of unbranched alkanes of at least 4 members (excludes halogenated alkanes) is 28. The normalized spacial score (nSPS) is 14.5. The summed E-state index contributed by atoms with van der Waals surface area (Å²) in [5.41, 5.74) is 0. The molecule has 0 aromatic heterocycles. The first-order valence-electron chi connectivity index (χ1n) is 39.8. The summed E-state index contributed by atoms with van der Waals surface area (Å²) in [6.45, 7) is 4.59. The Morgan fingerprint density at radius 1 is 0.284 bits per heavy atom. The van der Waals surface area contributed by atoms with E-state index in [2.05, 4.69) is 149 Å². The van der Waals surface area contributed by atoms with E-state index in [1.807, 2.05) is 0 Å². The first kappa shape index (κ1) is 97.5. The second kappa shape index (κ2) is 74.7. The van der Waals surface area contributed by atoms with Crippen LogP contribution in [0.4, 0.5) is 0 Å². The van der Waals surface area contributed by atoms with Crippen molar-refractivity contribution in [2.24, 2.45) is 0 Å². The number of rotatable bonds is 74. The van der Waals surface area contributed by atoms with E-state index < -0.39 is 97.5 Å². The quantitative estimate of drug-likeness (QED) is 0.0169. The van der Waals surface area contributed by atoms with Crippen molar-refractivity contribution >= 4 is 39.5 Å².